The van der Waals surface area contributed by atoms with E-state index >= 15 is 0 Å². The average molecular weight is 397 g/mol. The fourth-order valence-corrected chi connectivity index (χ4v) is 4.22. The van der Waals surface area contributed by atoms with Gasteiger partial charge in [0.05, 0.1) is 11.7 Å². The molecule has 0 aliphatic heterocycles. The Hall–Kier alpha value is -2.40. The summed E-state index contributed by atoms with van der Waals surface area (Å²) in [5.41, 5.74) is 4.33. The molecule has 0 aliphatic rings. The van der Waals surface area contributed by atoms with Crippen molar-refractivity contribution < 1.29 is 9.32 Å². The van der Waals surface area contributed by atoms with Gasteiger partial charge in [-0.1, -0.05) is 49.3 Å². The number of thiophene rings is 1. The topological polar surface area (TPSA) is 55.1 Å². The SMILES string of the molecule is Cc1noc(C)c1CCC(=O)NC(c1ccc(CC(C)C)cc1)c1cccs1. The van der Waals surface area contributed by atoms with Crippen LogP contribution in [0.1, 0.15) is 59.3 Å². The Labute approximate surface area is 171 Å². The first-order chi connectivity index (χ1) is 13.4. The molecule has 0 spiro atoms. The molecule has 0 bridgehead atoms. The molecule has 3 aromatic rings. The summed E-state index contributed by atoms with van der Waals surface area (Å²) in [7, 11) is 0. The molecular formula is C23H28N2O2S. The lowest BCUT2D eigenvalue weighted by Crippen LogP contribution is -2.29. The minimum absolute atomic E-state index is 0.0321. The first kappa shape index (κ1) is 20.3. The monoisotopic (exact) mass is 396 g/mol. The molecule has 0 radical (unpaired) electrons. The maximum atomic E-state index is 12.7. The lowest BCUT2D eigenvalue weighted by atomic mass is 9.98. The van der Waals surface area contributed by atoms with Crippen molar-refractivity contribution in [3.05, 3.63) is 74.8 Å². The molecule has 0 aliphatic carbocycles. The molecule has 1 aromatic carbocycles. The molecule has 4 nitrogen and oxygen atoms in total. The predicted octanol–water partition coefficient (Wildman–Crippen LogP) is 5.39. The number of aryl methyl sites for hydroxylation is 2. The zero-order chi connectivity index (χ0) is 20.1. The van der Waals surface area contributed by atoms with Crippen LogP contribution in [0.2, 0.25) is 0 Å². The molecule has 5 heteroatoms. The standard InChI is InChI=1S/C23H28N2O2S/c1-15(2)14-18-7-9-19(10-8-18)23(21-6-5-13-28-21)24-22(26)12-11-20-16(3)25-27-17(20)4/h5-10,13,15,23H,11-12,14H2,1-4H3,(H,24,26). The normalized spacial score (nSPS) is 12.3. The van der Waals surface area contributed by atoms with Gasteiger partial charge in [-0.3, -0.25) is 4.79 Å². The van der Waals surface area contributed by atoms with Gasteiger partial charge in [-0.15, -0.1) is 11.3 Å². The number of hydrogen-bond donors (Lipinski definition) is 1. The number of amides is 1. The van der Waals surface area contributed by atoms with E-state index in [2.05, 4.69) is 54.7 Å². The van der Waals surface area contributed by atoms with Crippen LogP contribution in [0.3, 0.4) is 0 Å². The Bertz CT molecular complexity index is 876. The zero-order valence-corrected chi connectivity index (χ0v) is 17.8. The van der Waals surface area contributed by atoms with Crippen molar-refractivity contribution in [3.63, 3.8) is 0 Å². The highest BCUT2D eigenvalue weighted by atomic mass is 32.1. The predicted molar refractivity (Wildman–Crippen MR) is 114 cm³/mol. The lowest BCUT2D eigenvalue weighted by molar-refractivity contribution is -0.121. The fraction of sp³-hybridized carbons (Fsp3) is 0.391. The van der Waals surface area contributed by atoms with Crippen molar-refractivity contribution in [3.8, 4) is 0 Å². The molecule has 1 atom stereocenters. The molecule has 0 saturated heterocycles. The molecule has 3 rings (SSSR count). The third-order valence-corrected chi connectivity index (χ3v) is 5.81. The number of rotatable bonds is 8. The Balaban J connectivity index is 1.71. The molecule has 148 valence electrons. The van der Waals surface area contributed by atoms with Crippen molar-refractivity contribution in [2.75, 3.05) is 0 Å². The maximum Gasteiger partial charge on any atom is 0.221 e. The molecule has 0 fully saturated rings. The minimum Gasteiger partial charge on any atom is -0.361 e. The second-order valence-corrected chi connectivity index (χ2v) is 8.64. The molecule has 1 unspecified atom stereocenters. The Morgan fingerprint density at radius 1 is 1.18 bits per heavy atom. The van der Waals surface area contributed by atoms with Crippen LogP contribution in [0.25, 0.3) is 0 Å². The number of carbonyl (C=O) groups is 1. The molecule has 1 amide bonds. The van der Waals surface area contributed by atoms with Gasteiger partial charge in [-0.25, -0.2) is 0 Å². The van der Waals surface area contributed by atoms with Crippen LogP contribution in [-0.2, 0) is 17.6 Å². The molecule has 0 saturated carbocycles. The van der Waals surface area contributed by atoms with E-state index < -0.39 is 0 Å². The van der Waals surface area contributed by atoms with Crippen molar-refractivity contribution in [1.82, 2.24) is 10.5 Å². The van der Waals surface area contributed by atoms with Gasteiger partial charge in [-0.2, -0.15) is 0 Å². The number of carbonyl (C=O) groups excluding carboxylic acids is 1. The second kappa shape index (κ2) is 9.20. The van der Waals surface area contributed by atoms with Crippen molar-refractivity contribution in [2.45, 2.75) is 53.0 Å². The van der Waals surface area contributed by atoms with Crippen LogP contribution in [0.4, 0.5) is 0 Å². The highest BCUT2D eigenvalue weighted by Gasteiger charge is 2.19. The van der Waals surface area contributed by atoms with E-state index in [1.807, 2.05) is 25.3 Å². The summed E-state index contributed by atoms with van der Waals surface area (Å²) >= 11 is 1.66. The molecule has 2 aromatic heterocycles. The third kappa shape index (κ3) is 5.10. The maximum absolute atomic E-state index is 12.7. The van der Waals surface area contributed by atoms with Crippen LogP contribution in [-0.4, -0.2) is 11.1 Å². The summed E-state index contributed by atoms with van der Waals surface area (Å²) in [5, 5.41) is 9.23. The summed E-state index contributed by atoms with van der Waals surface area (Å²) in [5.74, 6) is 1.45. The quantitative estimate of drug-likeness (QED) is 0.555. The molecule has 1 N–H and O–H groups in total. The van der Waals surface area contributed by atoms with Crippen LogP contribution in [0, 0.1) is 19.8 Å². The van der Waals surface area contributed by atoms with Crippen LogP contribution in [0.5, 0.6) is 0 Å². The number of aromatic nitrogens is 1. The Morgan fingerprint density at radius 3 is 2.50 bits per heavy atom. The largest absolute Gasteiger partial charge is 0.361 e. The summed E-state index contributed by atoms with van der Waals surface area (Å²) < 4.78 is 5.20. The van der Waals surface area contributed by atoms with Gasteiger partial charge in [0, 0.05) is 16.9 Å². The van der Waals surface area contributed by atoms with Gasteiger partial charge in [-0.05, 0) is 55.2 Å². The van der Waals surface area contributed by atoms with Crippen molar-refractivity contribution in [1.29, 1.82) is 0 Å². The van der Waals surface area contributed by atoms with Crippen LogP contribution < -0.4 is 5.32 Å². The Kier molecular flexibility index (Phi) is 6.68. The van der Waals surface area contributed by atoms with Gasteiger partial charge >= 0.3 is 0 Å². The zero-order valence-electron chi connectivity index (χ0n) is 17.0. The van der Waals surface area contributed by atoms with E-state index in [1.165, 1.54) is 5.56 Å². The van der Waals surface area contributed by atoms with Gasteiger partial charge in [0.25, 0.3) is 0 Å². The second-order valence-electron chi connectivity index (χ2n) is 7.66. The highest BCUT2D eigenvalue weighted by Crippen LogP contribution is 2.27. The van der Waals surface area contributed by atoms with Gasteiger partial charge < -0.3 is 9.84 Å². The van der Waals surface area contributed by atoms with E-state index in [1.54, 1.807) is 11.3 Å². The number of nitrogens with zero attached hydrogens (tertiary/aromatic N) is 1. The van der Waals surface area contributed by atoms with Gasteiger partial charge in [0.2, 0.25) is 5.91 Å². The van der Waals surface area contributed by atoms with E-state index in [4.69, 9.17) is 4.52 Å². The number of nitrogens with one attached hydrogen (secondary N) is 1. The van der Waals surface area contributed by atoms with Gasteiger partial charge in [0.15, 0.2) is 0 Å². The highest BCUT2D eigenvalue weighted by molar-refractivity contribution is 7.10. The minimum atomic E-state index is -0.120. The van der Waals surface area contributed by atoms with E-state index in [9.17, 15) is 4.79 Å². The smallest absolute Gasteiger partial charge is 0.221 e. The third-order valence-electron chi connectivity index (χ3n) is 4.87. The molecule has 28 heavy (non-hydrogen) atoms. The summed E-state index contributed by atoms with van der Waals surface area (Å²) in [4.78, 5) is 13.8. The van der Waals surface area contributed by atoms with Crippen LogP contribution in [0.15, 0.2) is 46.3 Å². The van der Waals surface area contributed by atoms with Crippen molar-refractivity contribution >= 4 is 17.2 Å². The summed E-state index contributed by atoms with van der Waals surface area (Å²) in [6.07, 6.45) is 2.11. The van der Waals surface area contributed by atoms with Crippen LogP contribution >= 0.6 is 11.3 Å². The first-order valence-corrected chi connectivity index (χ1v) is 10.7. The van der Waals surface area contributed by atoms with E-state index in [0.29, 0.717) is 18.8 Å². The van der Waals surface area contributed by atoms with Crippen molar-refractivity contribution in [2.24, 2.45) is 5.92 Å². The molecular weight excluding hydrogens is 368 g/mol. The van der Waals surface area contributed by atoms with E-state index in [0.717, 1.165) is 33.9 Å². The van der Waals surface area contributed by atoms with E-state index in [-0.39, 0.29) is 11.9 Å². The summed E-state index contributed by atoms with van der Waals surface area (Å²) in [6, 6.07) is 12.6. The average Bonchev–Trinajstić information content (AvgIpc) is 3.29. The Morgan fingerprint density at radius 2 is 1.93 bits per heavy atom. The first-order valence-electron chi connectivity index (χ1n) is 9.77. The lowest BCUT2D eigenvalue weighted by Gasteiger charge is -2.19. The van der Waals surface area contributed by atoms with Gasteiger partial charge in [0.1, 0.15) is 5.76 Å². The molecule has 2 heterocycles. The number of hydrogen-bond acceptors (Lipinski definition) is 4. The fourth-order valence-electron chi connectivity index (χ4n) is 3.42. The number of benzene rings is 1. The summed E-state index contributed by atoms with van der Waals surface area (Å²) in [6.45, 7) is 8.25.